The van der Waals surface area contributed by atoms with Crippen LogP contribution >= 0.6 is 0 Å². The van der Waals surface area contributed by atoms with E-state index in [9.17, 15) is 9.59 Å². The summed E-state index contributed by atoms with van der Waals surface area (Å²) in [6.45, 7) is 2.55. The molecule has 0 aromatic heterocycles. The van der Waals surface area contributed by atoms with Gasteiger partial charge in [-0.05, 0) is 37.5 Å². The van der Waals surface area contributed by atoms with Crippen LogP contribution in [0.15, 0.2) is 24.3 Å². The van der Waals surface area contributed by atoms with Crippen LogP contribution in [0.2, 0.25) is 0 Å². The third kappa shape index (κ3) is 4.26. The first-order valence-corrected chi connectivity index (χ1v) is 8.79. The molecule has 1 saturated carbocycles. The van der Waals surface area contributed by atoms with Gasteiger partial charge >= 0.3 is 6.03 Å². The van der Waals surface area contributed by atoms with Crippen LogP contribution in [0.25, 0.3) is 0 Å². The number of benzene rings is 1. The Morgan fingerprint density at radius 1 is 1.33 bits per heavy atom. The number of hydrogen-bond acceptors (Lipinski definition) is 3. The van der Waals surface area contributed by atoms with Crippen molar-refractivity contribution in [2.45, 2.75) is 38.2 Å². The zero-order valence-corrected chi connectivity index (χ0v) is 13.9. The van der Waals surface area contributed by atoms with Gasteiger partial charge in [-0.25, -0.2) is 4.79 Å². The van der Waals surface area contributed by atoms with Crippen molar-refractivity contribution < 1.29 is 14.3 Å². The van der Waals surface area contributed by atoms with Gasteiger partial charge in [0, 0.05) is 37.5 Å². The number of amides is 3. The van der Waals surface area contributed by atoms with Gasteiger partial charge in [-0.3, -0.25) is 9.69 Å². The molecule has 130 valence electrons. The Kier molecular flexibility index (Phi) is 5.69. The normalized spacial score (nSPS) is 18.0. The number of urea groups is 1. The minimum atomic E-state index is -0.114. The highest BCUT2D eigenvalue weighted by molar-refractivity contribution is 5.98. The molecular weight excluding hydrogens is 306 g/mol. The molecule has 3 amide bonds. The molecule has 0 bridgehead atoms. The highest BCUT2D eigenvalue weighted by atomic mass is 16.5. The Hall–Kier alpha value is -2.08. The fourth-order valence-corrected chi connectivity index (χ4v) is 3.21. The average Bonchev–Trinajstić information content (AvgIpc) is 3.26. The number of anilines is 1. The van der Waals surface area contributed by atoms with Crippen molar-refractivity contribution in [2.75, 3.05) is 31.1 Å². The maximum Gasteiger partial charge on any atom is 0.321 e. The van der Waals surface area contributed by atoms with Crippen molar-refractivity contribution in [3.05, 3.63) is 29.8 Å². The van der Waals surface area contributed by atoms with Crippen LogP contribution in [0, 0.1) is 0 Å². The van der Waals surface area contributed by atoms with Crippen LogP contribution in [0.1, 0.15) is 42.5 Å². The molecule has 3 rings (SSSR count). The highest BCUT2D eigenvalue weighted by Gasteiger charge is 2.21. The third-order valence-corrected chi connectivity index (χ3v) is 4.54. The molecule has 1 aromatic rings. The fraction of sp³-hybridized carbons (Fsp3) is 0.556. The summed E-state index contributed by atoms with van der Waals surface area (Å²) in [4.78, 5) is 25.6. The van der Waals surface area contributed by atoms with Crippen LogP contribution in [0.5, 0.6) is 0 Å². The molecule has 0 unspecified atom stereocenters. The first kappa shape index (κ1) is 16.8. The molecule has 2 aliphatic rings. The summed E-state index contributed by atoms with van der Waals surface area (Å²) in [5, 5.41) is 5.68. The Labute approximate surface area is 142 Å². The number of carbonyl (C=O) groups is 2. The Balaban J connectivity index is 1.43. The molecule has 0 spiro atoms. The number of nitrogens with zero attached hydrogens (tertiary/aromatic N) is 1. The van der Waals surface area contributed by atoms with Crippen molar-refractivity contribution in [2.24, 2.45) is 0 Å². The van der Waals surface area contributed by atoms with Crippen molar-refractivity contribution in [3.63, 3.8) is 0 Å². The second kappa shape index (κ2) is 8.15. The molecule has 24 heavy (non-hydrogen) atoms. The summed E-state index contributed by atoms with van der Waals surface area (Å²) in [5.74, 6) is -0.114. The lowest BCUT2D eigenvalue weighted by Crippen LogP contribution is -2.29. The zero-order valence-electron chi connectivity index (χ0n) is 13.9. The topological polar surface area (TPSA) is 70.7 Å². The Morgan fingerprint density at radius 3 is 2.92 bits per heavy atom. The van der Waals surface area contributed by atoms with E-state index in [1.807, 2.05) is 6.07 Å². The van der Waals surface area contributed by atoms with E-state index in [1.165, 1.54) is 25.7 Å². The standard InChI is InChI=1S/C18H25N3O3/c22-17(19-9-4-12-24-16-7-1-2-8-16)14-5-3-6-15(13-14)21-11-10-20-18(21)23/h3,5-6,13,16H,1-2,4,7-12H2,(H,19,22)(H,20,23). The molecule has 0 atom stereocenters. The number of hydrogen-bond donors (Lipinski definition) is 2. The van der Waals surface area contributed by atoms with Gasteiger partial charge in [0.05, 0.1) is 6.10 Å². The van der Waals surface area contributed by atoms with Crippen LogP contribution in [-0.2, 0) is 4.74 Å². The molecule has 1 heterocycles. The molecule has 1 saturated heterocycles. The third-order valence-electron chi connectivity index (χ3n) is 4.54. The largest absolute Gasteiger partial charge is 0.378 e. The maximum atomic E-state index is 12.2. The Bertz CT molecular complexity index is 585. The van der Waals surface area contributed by atoms with Crippen molar-refractivity contribution >= 4 is 17.6 Å². The summed E-state index contributed by atoms with van der Waals surface area (Å²) >= 11 is 0. The zero-order chi connectivity index (χ0) is 16.8. The van der Waals surface area contributed by atoms with E-state index in [0.29, 0.717) is 37.9 Å². The first-order valence-electron chi connectivity index (χ1n) is 8.79. The second-order valence-corrected chi connectivity index (χ2v) is 6.32. The van der Waals surface area contributed by atoms with E-state index >= 15 is 0 Å². The van der Waals surface area contributed by atoms with Gasteiger partial charge in [0.15, 0.2) is 0 Å². The number of ether oxygens (including phenoxy) is 1. The summed E-state index contributed by atoms with van der Waals surface area (Å²) in [5.41, 5.74) is 1.33. The lowest BCUT2D eigenvalue weighted by Gasteiger charge is -2.15. The summed E-state index contributed by atoms with van der Waals surface area (Å²) in [6, 6.07) is 7.06. The molecule has 1 aromatic carbocycles. The van der Waals surface area contributed by atoms with Gasteiger partial charge in [0.25, 0.3) is 5.91 Å². The van der Waals surface area contributed by atoms with Gasteiger partial charge < -0.3 is 15.4 Å². The molecule has 2 N–H and O–H groups in total. The van der Waals surface area contributed by atoms with Gasteiger partial charge in [0.2, 0.25) is 0 Å². The summed E-state index contributed by atoms with van der Waals surface area (Å²) in [7, 11) is 0. The predicted octanol–water partition coefficient (Wildman–Crippen LogP) is 2.30. The van der Waals surface area contributed by atoms with Gasteiger partial charge in [-0.15, -0.1) is 0 Å². The molecule has 2 fully saturated rings. The first-order chi connectivity index (χ1) is 11.7. The summed E-state index contributed by atoms with van der Waals surface area (Å²) in [6.07, 6.45) is 6.12. The molecule has 1 aliphatic carbocycles. The molecule has 6 nitrogen and oxygen atoms in total. The lowest BCUT2D eigenvalue weighted by molar-refractivity contribution is 0.0565. The van der Waals surface area contributed by atoms with E-state index in [4.69, 9.17) is 4.74 Å². The minimum absolute atomic E-state index is 0.114. The quantitative estimate of drug-likeness (QED) is 0.753. The average molecular weight is 331 g/mol. The van der Waals surface area contributed by atoms with Gasteiger partial charge in [0.1, 0.15) is 0 Å². The number of rotatable bonds is 7. The van der Waals surface area contributed by atoms with E-state index < -0.39 is 0 Å². The van der Waals surface area contributed by atoms with Crippen molar-refractivity contribution in [1.29, 1.82) is 0 Å². The Morgan fingerprint density at radius 2 is 2.17 bits per heavy atom. The lowest BCUT2D eigenvalue weighted by atomic mass is 10.1. The van der Waals surface area contributed by atoms with E-state index in [2.05, 4.69) is 10.6 Å². The maximum absolute atomic E-state index is 12.2. The SMILES string of the molecule is O=C(NCCCOC1CCCC1)c1cccc(N2CCNC2=O)c1. The predicted molar refractivity (Wildman–Crippen MR) is 92.3 cm³/mol. The van der Waals surface area contributed by atoms with E-state index in [1.54, 1.807) is 23.1 Å². The van der Waals surface area contributed by atoms with Gasteiger partial charge in [-0.2, -0.15) is 0 Å². The molecular formula is C18H25N3O3. The minimum Gasteiger partial charge on any atom is -0.378 e. The smallest absolute Gasteiger partial charge is 0.321 e. The van der Waals surface area contributed by atoms with Crippen LogP contribution in [0.3, 0.4) is 0 Å². The van der Waals surface area contributed by atoms with Crippen molar-refractivity contribution in [1.82, 2.24) is 10.6 Å². The second-order valence-electron chi connectivity index (χ2n) is 6.32. The molecule has 0 radical (unpaired) electrons. The fourth-order valence-electron chi connectivity index (χ4n) is 3.21. The number of carbonyl (C=O) groups excluding carboxylic acids is 2. The van der Waals surface area contributed by atoms with Crippen LogP contribution < -0.4 is 15.5 Å². The van der Waals surface area contributed by atoms with Gasteiger partial charge in [-0.1, -0.05) is 18.9 Å². The molecule has 6 heteroatoms. The molecule has 1 aliphatic heterocycles. The van der Waals surface area contributed by atoms with Crippen LogP contribution in [0.4, 0.5) is 10.5 Å². The monoisotopic (exact) mass is 331 g/mol. The highest BCUT2D eigenvalue weighted by Crippen LogP contribution is 2.21. The van der Waals surface area contributed by atoms with E-state index in [-0.39, 0.29) is 11.9 Å². The van der Waals surface area contributed by atoms with Crippen molar-refractivity contribution in [3.8, 4) is 0 Å². The summed E-state index contributed by atoms with van der Waals surface area (Å²) < 4.78 is 5.79. The van der Waals surface area contributed by atoms with Crippen LogP contribution in [-0.4, -0.2) is 44.3 Å². The van der Waals surface area contributed by atoms with E-state index in [0.717, 1.165) is 12.1 Å². The number of nitrogens with one attached hydrogen (secondary N) is 2.